The van der Waals surface area contributed by atoms with E-state index in [-0.39, 0.29) is 11.7 Å². The van der Waals surface area contributed by atoms with Crippen LogP contribution in [-0.2, 0) is 16.0 Å². The van der Waals surface area contributed by atoms with E-state index >= 15 is 0 Å². The van der Waals surface area contributed by atoms with Crippen LogP contribution in [0.4, 0.5) is 0 Å². The van der Waals surface area contributed by atoms with Gasteiger partial charge in [0.2, 0.25) is 11.8 Å². The first kappa shape index (κ1) is 23.1. The van der Waals surface area contributed by atoms with Gasteiger partial charge >= 0.3 is 0 Å². The standard InChI is InChI=1S/C21H24ClN5O3S/c22-15-8-6-14(7-9-15)19(29)25-17-18(23)26-21(27-20(17)30)31-12-16(28)24-11-10-13-4-2-1-3-5-13/h1-9,17-18,21,26H,10-12,23H2,(H,24,28)(H,25,29)(H,27,30). The second kappa shape index (κ2) is 11.1. The molecule has 0 saturated carbocycles. The summed E-state index contributed by atoms with van der Waals surface area (Å²) in [6.07, 6.45) is -0.0566. The van der Waals surface area contributed by atoms with Crippen molar-refractivity contribution < 1.29 is 14.4 Å². The molecule has 2 aromatic rings. The van der Waals surface area contributed by atoms with Gasteiger partial charge in [-0.05, 0) is 36.2 Å². The molecule has 3 amide bonds. The largest absolute Gasteiger partial charge is 0.355 e. The van der Waals surface area contributed by atoms with Gasteiger partial charge in [-0.15, -0.1) is 11.8 Å². The highest BCUT2D eigenvalue weighted by molar-refractivity contribution is 8.00. The predicted molar refractivity (Wildman–Crippen MR) is 121 cm³/mol. The number of carbonyl (C=O) groups excluding carboxylic acids is 3. The smallest absolute Gasteiger partial charge is 0.252 e. The van der Waals surface area contributed by atoms with E-state index in [1.54, 1.807) is 24.3 Å². The van der Waals surface area contributed by atoms with E-state index in [0.29, 0.717) is 17.1 Å². The molecule has 10 heteroatoms. The van der Waals surface area contributed by atoms with Gasteiger partial charge in [0.1, 0.15) is 11.5 Å². The van der Waals surface area contributed by atoms with Gasteiger partial charge in [0.15, 0.2) is 0 Å². The molecule has 0 aliphatic carbocycles. The highest BCUT2D eigenvalue weighted by Crippen LogP contribution is 2.13. The summed E-state index contributed by atoms with van der Waals surface area (Å²) < 4.78 is 0. The second-order valence-corrected chi connectivity index (χ2v) is 8.47. The molecule has 1 aliphatic rings. The van der Waals surface area contributed by atoms with Gasteiger partial charge in [-0.2, -0.15) is 0 Å². The number of benzene rings is 2. The Morgan fingerprint density at radius 1 is 1.10 bits per heavy atom. The Bertz CT molecular complexity index is 913. The molecule has 164 valence electrons. The highest BCUT2D eigenvalue weighted by atomic mass is 35.5. The zero-order valence-corrected chi connectivity index (χ0v) is 18.2. The zero-order valence-electron chi connectivity index (χ0n) is 16.6. The van der Waals surface area contributed by atoms with Crippen molar-refractivity contribution in [2.45, 2.75) is 24.1 Å². The van der Waals surface area contributed by atoms with Crippen molar-refractivity contribution in [2.24, 2.45) is 5.73 Å². The summed E-state index contributed by atoms with van der Waals surface area (Å²) in [5.41, 5.74) is 7.02. The van der Waals surface area contributed by atoms with E-state index in [0.717, 1.165) is 12.0 Å². The number of carbonyl (C=O) groups is 3. The quantitative estimate of drug-likeness (QED) is 0.396. The molecule has 1 fully saturated rings. The molecule has 3 unspecified atom stereocenters. The van der Waals surface area contributed by atoms with E-state index in [9.17, 15) is 14.4 Å². The van der Waals surface area contributed by atoms with Crippen molar-refractivity contribution in [1.82, 2.24) is 21.3 Å². The Labute approximate surface area is 189 Å². The summed E-state index contributed by atoms with van der Waals surface area (Å²) in [6, 6.07) is 15.2. The third kappa shape index (κ3) is 6.96. The lowest BCUT2D eigenvalue weighted by molar-refractivity contribution is -0.125. The predicted octanol–water partition coefficient (Wildman–Crippen LogP) is 0.818. The molecule has 3 atom stereocenters. The maximum Gasteiger partial charge on any atom is 0.252 e. The molecule has 3 rings (SSSR count). The first-order valence-corrected chi connectivity index (χ1v) is 11.2. The van der Waals surface area contributed by atoms with Gasteiger partial charge in [0.25, 0.3) is 5.91 Å². The van der Waals surface area contributed by atoms with Crippen LogP contribution >= 0.6 is 23.4 Å². The van der Waals surface area contributed by atoms with Crippen LogP contribution in [0.3, 0.4) is 0 Å². The normalized spacial score (nSPS) is 20.6. The molecule has 1 aliphatic heterocycles. The van der Waals surface area contributed by atoms with E-state index in [2.05, 4.69) is 21.3 Å². The van der Waals surface area contributed by atoms with Gasteiger partial charge in [0, 0.05) is 17.1 Å². The summed E-state index contributed by atoms with van der Waals surface area (Å²) in [6.45, 7) is 0.534. The molecule has 8 nitrogen and oxygen atoms in total. The molecule has 31 heavy (non-hydrogen) atoms. The maximum absolute atomic E-state index is 12.4. The number of thioether (sulfide) groups is 1. The van der Waals surface area contributed by atoms with Gasteiger partial charge in [-0.1, -0.05) is 41.9 Å². The zero-order chi connectivity index (χ0) is 22.2. The average Bonchev–Trinajstić information content (AvgIpc) is 2.76. The molecular formula is C21H24ClN5O3S. The number of nitrogens with two attached hydrogens (primary N) is 1. The van der Waals surface area contributed by atoms with Crippen LogP contribution in [0.1, 0.15) is 15.9 Å². The minimum absolute atomic E-state index is 0.135. The third-order valence-corrected chi connectivity index (χ3v) is 5.88. The number of hydrogen-bond donors (Lipinski definition) is 5. The Morgan fingerprint density at radius 2 is 1.81 bits per heavy atom. The summed E-state index contributed by atoms with van der Waals surface area (Å²) in [7, 11) is 0. The van der Waals surface area contributed by atoms with Crippen LogP contribution in [0.15, 0.2) is 54.6 Å². The molecule has 1 heterocycles. The van der Waals surface area contributed by atoms with Crippen LogP contribution in [0.2, 0.25) is 5.02 Å². The summed E-state index contributed by atoms with van der Waals surface area (Å²) in [4.78, 5) is 36.8. The van der Waals surface area contributed by atoms with E-state index in [1.807, 2.05) is 30.3 Å². The lowest BCUT2D eigenvalue weighted by atomic mass is 10.1. The van der Waals surface area contributed by atoms with E-state index in [1.165, 1.54) is 11.8 Å². The Balaban J connectivity index is 1.41. The lowest BCUT2D eigenvalue weighted by Crippen LogP contribution is -2.70. The number of hydrogen-bond acceptors (Lipinski definition) is 6. The van der Waals surface area contributed by atoms with Crippen molar-refractivity contribution in [1.29, 1.82) is 0 Å². The first-order chi connectivity index (χ1) is 14.9. The fraction of sp³-hybridized carbons (Fsp3) is 0.286. The van der Waals surface area contributed by atoms with Crippen LogP contribution in [0.5, 0.6) is 0 Å². The Hall–Kier alpha value is -2.59. The van der Waals surface area contributed by atoms with Crippen LogP contribution in [0.25, 0.3) is 0 Å². The fourth-order valence-electron chi connectivity index (χ4n) is 2.97. The molecule has 1 saturated heterocycles. The second-order valence-electron chi connectivity index (χ2n) is 6.94. The Morgan fingerprint density at radius 3 is 2.48 bits per heavy atom. The minimum atomic E-state index is -0.945. The van der Waals surface area contributed by atoms with Crippen molar-refractivity contribution >= 4 is 41.1 Å². The van der Waals surface area contributed by atoms with Crippen molar-refractivity contribution in [3.8, 4) is 0 Å². The van der Waals surface area contributed by atoms with E-state index in [4.69, 9.17) is 17.3 Å². The average molecular weight is 462 g/mol. The van der Waals surface area contributed by atoms with E-state index < -0.39 is 29.5 Å². The van der Waals surface area contributed by atoms with Gasteiger partial charge in [0.05, 0.1) is 11.9 Å². The summed E-state index contributed by atoms with van der Waals surface area (Å²) >= 11 is 7.04. The molecule has 0 aromatic heterocycles. The fourth-order valence-corrected chi connectivity index (χ4v) is 3.97. The summed E-state index contributed by atoms with van der Waals surface area (Å²) in [5, 5.41) is 11.7. The van der Waals surface area contributed by atoms with Gasteiger partial charge < -0.3 is 21.7 Å². The molecular weight excluding hydrogens is 438 g/mol. The Kier molecular flexibility index (Phi) is 8.30. The van der Waals surface area contributed by atoms with Crippen LogP contribution in [-0.4, -0.2) is 47.7 Å². The number of halogens is 1. The minimum Gasteiger partial charge on any atom is -0.355 e. The number of amides is 3. The first-order valence-electron chi connectivity index (χ1n) is 9.73. The maximum atomic E-state index is 12.4. The highest BCUT2D eigenvalue weighted by Gasteiger charge is 2.35. The molecule has 0 spiro atoms. The van der Waals surface area contributed by atoms with Crippen molar-refractivity contribution in [3.63, 3.8) is 0 Å². The number of rotatable bonds is 8. The monoisotopic (exact) mass is 461 g/mol. The molecule has 6 N–H and O–H groups in total. The van der Waals surface area contributed by atoms with Crippen LogP contribution < -0.4 is 27.0 Å². The molecule has 0 radical (unpaired) electrons. The van der Waals surface area contributed by atoms with Crippen LogP contribution in [0, 0.1) is 0 Å². The SMILES string of the molecule is NC1NC(SCC(=O)NCCc2ccccc2)NC(=O)C1NC(=O)c1ccc(Cl)cc1. The lowest BCUT2D eigenvalue weighted by Gasteiger charge is -2.35. The number of nitrogens with one attached hydrogen (secondary N) is 4. The van der Waals surface area contributed by atoms with Gasteiger partial charge in [-0.25, -0.2) is 0 Å². The third-order valence-electron chi connectivity index (χ3n) is 4.61. The summed E-state index contributed by atoms with van der Waals surface area (Å²) in [5.74, 6) is -0.835. The molecule has 2 aromatic carbocycles. The van der Waals surface area contributed by atoms with Gasteiger partial charge in [-0.3, -0.25) is 19.7 Å². The van der Waals surface area contributed by atoms with Crippen molar-refractivity contribution in [2.75, 3.05) is 12.3 Å². The molecule has 0 bridgehead atoms. The topological polar surface area (TPSA) is 125 Å². The van der Waals surface area contributed by atoms with Crippen molar-refractivity contribution in [3.05, 3.63) is 70.7 Å².